The third-order valence-electron chi connectivity index (χ3n) is 4.71. The van der Waals surface area contributed by atoms with Crippen LogP contribution in [0.2, 0.25) is 0 Å². The van der Waals surface area contributed by atoms with Gasteiger partial charge in [0.25, 0.3) is 10.0 Å². The van der Waals surface area contributed by atoms with Gasteiger partial charge in [0.1, 0.15) is 11.5 Å². The summed E-state index contributed by atoms with van der Waals surface area (Å²) in [7, 11) is -1.12. The Hall–Kier alpha value is -1.80. The maximum absolute atomic E-state index is 13.2. The molecule has 0 aromatic heterocycles. The fourth-order valence-electron chi connectivity index (χ4n) is 3.76. The number of nitrogens with zero attached hydrogens (tertiary/aromatic N) is 1. The Balaban J connectivity index is 2.09. The van der Waals surface area contributed by atoms with Crippen LogP contribution >= 0.6 is 0 Å². The monoisotopic (exact) mass is 341 g/mol. The van der Waals surface area contributed by atoms with Crippen molar-refractivity contribution in [2.45, 2.75) is 36.2 Å². The van der Waals surface area contributed by atoms with Gasteiger partial charge >= 0.3 is 5.97 Å². The number of rotatable bonds is 5. The molecule has 3 rings (SSSR count). The molecule has 0 spiro atoms. The summed E-state index contributed by atoms with van der Waals surface area (Å²) in [6.07, 6.45) is 1.61. The van der Waals surface area contributed by atoms with E-state index >= 15 is 0 Å². The molecule has 2 bridgehead atoms. The van der Waals surface area contributed by atoms with Gasteiger partial charge in [-0.1, -0.05) is 6.07 Å². The van der Waals surface area contributed by atoms with Gasteiger partial charge in [0.15, 0.2) is 4.90 Å². The van der Waals surface area contributed by atoms with E-state index in [0.29, 0.717) is 19.3 Å². The topological polar surface area (TPSA) is 93.1 Å². The summed E-state index contributed by atoms with van der Waals surface area (Å²) < 4.78 is 38.1. The molecule has 7 nitrogen and oxygen atoms in total. The lowest BCUT2D eigenvalue weighted by Gasteiger charge is -2.24. The van der Waals surface area contributed by atoms with Gasteiger partial charge in [-0.25, -0.2) is 8.42 Å². The first kappa shape index (κ1) is 16.1. The fourth-order valence-corrected chi connectivity index (χ4v) is 5.97. The molecular formula is C15H19NO6S. The summed E-state index contributed by atoms with van der Waals surface area (Å²) in [5.41, 5.74) is 0. The number of carboxylic acids is 1. The van der Waals surface area contributed by atoms with Crippen LogP contribution in [-0.2, 0) is 14.8 Å². The van der Waals surface area contributed by atoms with Crippen LogP contribution in [0.4, 0.5) is 0 Å². The van der Waals surface area contributed by atoms with Crippen LogP contribution in [-0.4, -0.2) is 50.1 Å². The number of carbonyl (C=O) groups is 1. The SMILES string of the molecule is COc1cccc(OC)c1S(=O)(=O)N1C2CCC1C(C(=O)O)C2. The van der Waals surface area contributed by atoms with E-state index in [-0.39, 0.29) is 22.4 Å². The lowest BCUT2D eigenvalue weighted by molar-refractivity contribution is -0.142. The van der Waals surface area contributed by atoms with Crippen molar-refractivity contribution in [2.75, 3.05) is 14.2 Å². The summed E-state index contributed by atoms with van der Waals surface area (Å²) >= 11 is 0. The average Bonchev–Trinajstić information content (AvgIpc) is 3.12. The molecule has 0 radical (unpaired) electrons. The number of hydrogen-bond donors (Lipinski definition) is 1. The number of hydrogen-bond acceptors (Lipinski definition) is 5. The zero-order chi connectivity index (χ0) is 16.8. The second-order valence-corrected chi connectivity index (χ2v) is 7.59. The van der Waals surface area contributed by atoms with Crippen molar-refractivity contribution in [1.82, 2.24) is 4.31 Å². The van der Waals surface area contributed by atoms with Crippen LogP contribution in [0.25, 0.3) is 0 Å². The summed E-state index contributed by atoms with van der Waals surface area (Å²) in [5.74, 6) is -1.20. The summed E-state index contributed by atoms with van der Waals surface area (Å²) in [5, 5.41) is 9.32. The van der Waals surface area contributed by atoms with Crippen LogP contribution in [0.1, 0.15) is 19.3 Å². The van der Waals surface area contributed by atoms with Crippen LogP contribution in [0.5, 0.6) is 11.5 Å². The molecule has 126 valence electrons. The Morgan fingerprint density at radius 1 is 1.22 bits per heavy atom. The van der Waals surface area contributed by atoms with E-state index in [4.69, 9.17) is 9.47 Å². The van der Waals surface area contributed by atoms with E-state index in [0.717, 1.165) is 0 Å². The van der Waals surface area contributed by atoms with Gasteiger partial charge in [-0.05, 0) is 31.4 Å². The van der Waals surface area contributed by atoms with E-state index in [1.54, 1.807) is 18.2 Å². The van der Waals surface area contributed by atoms with Gasteiger partial charge in [0.05, 0.1) is 20.1 Å². The molecule has 0 aliphatic carbocycles. The number of ether oxygens (including phenoxy) is 2. The molecule has 2 heterocycles. The molecule has 8 heteroatoms. The zero-order valence-electron chi connectivity index (χ0n) is 12.9. The molecule has 3 unspecified atom stereocenters. The molecule has 1 N–H and O–H groups in total. The fraction of sp³-hybridized carbons (Fsp3) is 0.533. The van der Waals surface area contributed by atoms with Crippen molar-refractivity contribution in [3.63, 3.8) is 0 Å². The quantitative estimate of drug-likeness (QED) is 0.868. The molecule has 0 saturated carbocycles. The van der Waals surface area contributed by atoms with Crippen molar-refractivity contribution < 1.29 is 27.8 Å². The van der Waals surface area contributed by atoms with E-state index < -0.39 is 28.0 Å². The second kappa shape index (κ2) is 5.68. The lowest BCUT2D eigenvalue weighted by Crippen LogP contribution is -2.38. The van der Waals surface area contributed by atoms with Crippen LogP contribution in [0.3, 0.4) is 0 Å². The first-order valence-corrected chi connectivity index (χ1v) is 8.83. The number of sulfonamides is 1. The minimum Gasteiger partial charge on any atom is -0.495 e. The summed E-state index contributed by atoms with van der Waals surface area (Å²) in [6.45, 7) is 0. The van der Waals surface area contributed by atoms with Crippen molar-refractivity contribution >= 4 is 16.0 Å². The number of methoxy groups -OCH3 is 2. The van der Waals surface area contributed by atoms with Crippen molar-refractivity contribution in [3.8, 4) is 11.5 Å². The van der Waals surface area contributed by atoms with Crippen molar-refractivity contribution in [1.29, 1.82) is 0 Å². The van der Waals surface area contributed by atoms with Crippen molar-refractivity contribution in [3.05, 3.63) is 18.2 Å². The Bertz CT molecular complexity index is 709. The van der Waals surface area contributed by atoms with E-state index in [9.17, 15) is 18.3 Å². The predicted octanol–water partition coefficient (Wildman–Crippen LogP) is 1.33. The maximum Gasteiger partial charge on any atom is 0.308 e. The Kier molecular flexibility index (Phi) is 3.97. The smallest absolute Gasteiger partial charge is 0.308 e. The lowest BCUT2D eigenvalue weighted by atomic mass is 9.89. The molecule has 2 fully saturated rings. The molecule has 2 aliphatic rings. The number of benzene rings is 1. The molecule has 2 aliphatic heterocycles. The Labute approximate surface area is 134 Å². The molecule has 23 heavy (non-hydrogen) atoms. The summed E-state index contributed by atoms with van der Waals surface area (Å²) in [6, 6.07) is 3.98. The van der Waals surface area contributed by atoms with E-state index in [1.807, 2.05) is 0 Å². The molecular weight excluding hydrogens is 322 g/mol. The Morgan fingerprint density at radius 2 is 1.83 bits per heavy atom. The first-order chi connectivity index (χ1) is 10.9. The van der Waals surface area contributed by atoms with Crippen molar-refractivity contribution in [2.24, 2.45) is 5.92 Å². The highest BCUT2D eigenvalue weighted by atomic mass is 32.2. The highest BCUT2D eigenvalue weighted by Crippen LogP contribution is 2.47. The minimum atomic E-state index is -3.91. The van der Waals surface area contributed by atoms with Gasteiger partial charge in [0, 0.05) is 12.1 Å². The largest absolute Gasteiger partial charge is 0.495 e. The van der Waals surface area contributed by atoms with Gasteiger partial charge in [-0.2, -0.15) is 4.31 Å². The first-order valence-electron chi connectivity index (χ1n) is 7.39. The average molecular weight is 341 g/mol. The molecule has 2 saturated heterocycles. The zero-order valence-corrected chi connectivity index (χ0v) is 13.7. The molecule has 1 aromatic carbocycles. The molecule has 3 atom stereocenters. The van der Waals surface area contributed by atoms with Gasteiger partial charge < -0.3 is 14.6 Å². The second-order valence-electron chi connectivity index (χ2n) is 5.81. The van der Waals surface area contributed by atoms with E-state index in [1.165, 1.54) is 18.5 Å². The molecule has 0 amide bonds. The van der Waals surface area contributed by atoms with E-state index in [2.05, 4.69) is 0 Å². The van der Waals surface area contributed by atoms with Crippen LogP contribution < -0.4 is 9.47 Å². The minimum absolute atomic E-state index is 0.0343. The predicted molar refractivity (Wildman–Crippen MR) is 81.1 cm³/mol. The normalized spacial score (nSPS) is 27.1. The van der Waals surface area contributed by atoms with Gasteiger partial charge in [0.2, 0.25) is 0 Å². The van der Waals surface area contributed by atoms with Gasteiger partial charge in [-0.3, -0.25) is 4.79 Å². The highest BCUT2D eigenvalue weighted by Gasteiger charge is 2.55. The Morgan fingerprint density at radius 3 is 2.30 bits per heavy atom. The molecule has 1 aromatic rings. The van der Waals surface area contributed by atoms with Gasteiger partial charge in [-0.15, -0.1) is 0 Å². The number of aliphatic carboxylic acids is 1. The van der Waals surface area contributed by atoms with Crippen LogP contribution in [0.15, 0.2) is 23.1 Å². The third kappa shape index (κ3) is 2.36. The number of fused-ring (bicyclic) bond motifs is 2. The highest BCUT2D eigenvalue weighted by molar-refractivity contribution is 7.89. The summed E-state index contributed by atoms with van der Waals surface area (Å²) in [4.78, 5) is 11.3. The third-order valence-corrected chi connectivity index (χ3v) is 6.75. The number of carboxylic acid groups (broad SMARTS) is 1. The van der Waals surface area contributed by atoms with Crippen LogP contribution in [0, 0.1) is 5.92 Å². The standard InChI is InChI=1S/C15H19NO6S/c1-21-12-4-3-5-13(22-2)14(12)23(19,20)16-9-6-7-11(16)10(8-9)15(17)18/h3-5,9-11H,6-8H2,1-2H3,(H,17,18). The maximum atomic E-state index is 13.2.